The van der Waals surface area contributed by atoms with Crippen molar-refractivity contribution in [2.24, 2.45) is 0 Å². The molecule has 0 bridgehead atoms. The van der Waals surface area contributed by atoms with E-state index in [1.54, 1.807) is 6.08 Å². The molecule has 0 aliphatic carbocycles. The molecule has 4 nitrogen and oxygen atoms in total. The van der Waals surface area contributed by atoms with Crippen LogP contribution in [0.5, 0.6) is 0 Å². The number of rotatable bonds is 47. The minimum absolute atomic E-state index is 0.0696. The van der Waals surface area contributed by atoms with Gasteiger partial charge >= 0.3 is 0 Å². The van der Waals surface area contributed by atoms with Gasteiger partial charge in [-0.15, -0.1) is 0 Å². The second kappa shape index (κ2) is 49.0. The monoisotopic (exact) mass is 800 g/mol. The SMILES string of the molecule is CCCCCC/C=C\C/C=C\CCCCCCCCCC(=O)NC(CO)C(O)/C=C/CCCCCCCCCCCCCCCCCCCCCCCCCCC. The fourth-order valence-electron chi connectivity index (χ4n) is 7.92. The fourth-order valence-corrected chi connectivity index (χ4v) is 7.92. The Balaban J connectivity index is 3.50. The molecule has 57 heavy (non-hydrogen) atoms. The van der Waals surface area contributed by atoms with E-state index in [9.17, 15) is 15.0 Å². The lowest BCUT2D eigenvalue weighted by Crippen LogP contribution is -2.45. The molecule has 0 aliphatic rings. The van der Waals surface area contributed by atoms with Gasteiger partial charge in [-0.3, -0.25) is 4.79 Å². The number of carbonyl (C=O) groups is 1. The minimum Gasteiger partial charge on any atom is -0.394 e. The number of aliphatic hydroxyl groups is 2. The summed E-state index contributed by atoms with van der Waals surface area (Å²) in [5.74, 6) is -0.0696. The lowest BCUT2D eigenvalue weighted by Gasteiger charge is -2.20. The highest BCUT2D eigenvalue weighted by atomic mass is 16.3. The average Bonchev–Trinajstić information content (AvgIpc) is 3.22. The number of aliphatic hydroxyl groups excluding tert-OH is 2. The molecule has 3 N–H and O–H groups in total. The standard InChI is InChI=1S/C53H101NO3/c1-3-5-7-9-11-13-15-17-19-21-23-24-25-26-27-28-29-30-31-32-34-36-38-40-42-44-46-48-52(56)51(50-55)54-53(57)49-47-45-43-41-39-37-35-33-22-20-18-16-14-12-10-8-6-4-2/h14,16,20,22,46,48,51-52,55-56H,3-13,15,17-19,21,23-45,47,49-50H2,1-2H3,(H,54,57)/b16-14-,22-20-,48-46+. The summed E-state index contributed by atoms with van der Waals surface area (Å²) in [5.41, 5.74) is 0. The fraction of sp³-hybridized carbons (Fsp3) is 0.868. The Labute approximate surface area is 357 Å². The van der Waals surface area contributed by atoms with Gasteiger partial charge in [0.25, 0.3) is 0 Å². The number of unbranched alkanes of at least 4 members (excludes halogenated alkanes) is 36. The summed E-state index contributed by atoms with van der Waals surface area (Å²) in [6, 6.07) is -0.626. The third kappa shape index (κ3) is 45.5. The summed E-state index contributed by atoms with van der Waals surface area (Å²) in [6.07, 6.45) is 65.7. The van der Waals surface area contributed by atoms with E-state index in [1.807, 2.05) is 6.08 Å². The van der Waals surface area contributed by atoms with Crippen LogP contribution >= 0.6 is 0 Å². The van der Waals surface area contributed by atoms with Crippen molar-refractivity contribution in [2.45, 2.75) is 289 Å². The van der Waals surface area contributed by atoms with Gasteiger partial charge in [0.15, 0.2) is 0 Å². The van der Waals surface area contributed by atoms with Crippen molar-refractivity contribution >= 4 is 5.91 Å². The second-order valence-corrected chi connectivity index (χ2v) is 17.6. The molecular weight excluding hydrogens is 699 g/mol. The number of allylic oxidation sites excluding steroid dienone is 5. The Kier molecular flexibility index (Phi) is 47.8. The first kappa shape index (κ1) is 55.6. The van der Waals surface area contributed by atoms with E-state index in [0.717, 1.165) is 32.1 Å². The first-order chi connectivity index (χ1) is 28.2. The Morgan fingerprint density at radius 1 is 0.421 bits per heavy atom. The van der Waals surface area contributed by atoms with Crippen molar-refractivity contribution in [3.63, 3.8) is 0 Å². The number of carbonyl (C=O) groups excluding carboxylic acids is 1. The number of hydrogen-bond acceptors (Lipinski definition) is 3. The average molecular weight is 800 g/mol. The molecule has 0 heterocycles. The molecule has 0 aromatic carbocycles. The summed E-state index contributed by atoms with van der Waals surface area (Å²) >= 11 is 0. The molecule has 1 amide bonds. The molecule has 0 fully saturated rings. The molecule has 0 aromatic heterocycles. The summed E-state index contributed by atoms with van der Waals surface area (Å²) in [5, 5.41) is 23.1. The van der Waals surface area contributed by atoms with Crippen LogP contribution < -0.4 is 5.32 Å². The van der Waals surface area contributed by atoms with Crippen molar-refractivity contribution < 1.29 is 15.0 Å². The zero-order valence-electron chi connectivity index (χ0n) is 38.6. The van der Waals surface area contributed by atoms with Gasteiger partial charge in [0, 0.05) is 6.42 Å². The van der Waals surface area contributed by atoms with E-state index < -0.39 is 12.1 Å². The molecule has 0 aliphatic heterocycles. The number of hydrogen-bond donors (Lipinski definition) is 3. The maximum absolute atomic E-state index is 12.4. The van der Waals surface area contributed by atoms with Crippen LogP contribution in [-0.4, -0.2) is 34.9 Å². The van der Waals surface area contributed by atoms with E-state index >= 15 is 0 Å². The molecule has 0 rings (SSSR count). The van der Waals surface area contributed by atoms with E-state index in [-0.39, 0.29) is 12.5 Å². The van der Waals surface area contributed by atoms with Crippen molar-refractivity contribution in [3.8, 4) is 0 Å². The molecular formula is C53H101NO3. The molecule has 0 radical (unpaired) electrons. The first-order valence-corrected chi connectivity index (χ1v) is 25.7. The maximum atomic E-state index is 12.4. The second-order valence-electron chi connectivity index (χ2n) is 17.6. The Morgan fingerprint density at radius 2 is 0.719 bits per heavy atom. The van der Waals surface area contributed by atoms with Gasteiger partial charge in [0.1, 0.15) is 0 Å². The van der Waals surface area contributed by atoms with Crippen LogP contribution in [0, 0.1) is 0 Å². The van der Waals surface area contributed by atoms with Gasteiger partial charge in [-0.25, -0.2) is 0 Å². The highest BCUT2D eigenvalue weighted by Crippen LogP contribution is 2.17. The maximum Gasteiger partial charge on any atom is 0.220 e. The van der Waals surface area contributed by atoms with Gasteiger partial charge in [-0.2, -0.15) is 0 Å². The molecule has 2 atom stereocenters. The smallest absolute Gasteiger partial charge is 0.220 e. The predicted octanol–water partition coefficient (Wildman–Crippen LogP) is 16.5. The van der Waals surface area contributed by atoms with Crippen molar-refractivity contribution in [2.75, 3.05) is 6.61 Å². The van der Waals surface area contributed by atoms with Gasteiger partial charge in [0.2, 0.25) is 5.91 Å². The highest BCUT2D eigenvalue weighted by Gasteiger charge is 2.18. The summed E-state index contributed by atoms with van der Waals surface area (Å²) in [6.45, 7) is 4.31. The zero-order valence-corrected chi connectivity index (χ0v) is 38.6. The van der Waals surface area contributed by atoms with Gasteiger partial charge in [-0.1, -0.05) is 256 Å². The van der Waals surface area contributed by atoms with E-state index in [1.165, 1.54) is 225 Å². The summed E-state index contributed by atoms with van der Waals surface area (Å²) in [7, 11) is 0. The summed E-state index contributed by atoms with van der Waals surface area (Å²) < 4.78 is 0. The predicted molar refractivity (Wildman–Crippen MR) is 253 cm³/mol. The van der Waals surface area contributed by atoms with Crippen LogP contribution in [0.3, 0.4) is 0 Å². The first-order valence-electron chi connectivity index (χ1n) is 25.7. The normalized spacial score (nSPS) is 13.1. The molecule has 4 heteroatoms. The molecule has 0 saturated heterocycles. The van der Waals surface area contributed by atoms with Crippen LogP contribution in [0.15, 0.2) is 36.5 Å². The Morgan fingerprint density at radius 3 is 1.07 bits per heavy atom. The molecule has 0 spiro atoms. The third-order valence-corrected chi connectivity index (χ3v) is 11.9. The molecule has 336 valence electrons. The zero-order chi connectivity index (χ0) is 41.4. The van der Waals surface area contributed by atoms with Crippen LogP contribution in [-0.2, 0) is 4.79 Å². The van der Waals surface area contributed by atoms with Crippen molar-refractivity contribution in [1.82, 2.24) is 5.32 Å². The number of amides is 1. The molecule has 0 aromatic rings. The Bertz CT molecular complexity index is 866. The lowest BCUT2D eigenvalue weighted by atomic mass is 10.0. The van der Waals surface area contributed by atoms with Gasteiger partial charge in [-0.05, 0) is 51.4 Å². The van der Waals surface area contributed by atoms with E-state index in [2.05, 4.69) is 43.5 Å². The number of nitrogens with one attached hydrogen (secondary N) is 1. The lowest BCUT2D eigenvalue weighted by molar-refractivity contribution is -0.123. The quantitative estimate of drug-likeness (QED) is 0.0424. The molecule has 2 unspecified atom stereocenters. The van der Waals surface area contributed by atoms with Crippen LogP contribution in [0.2, 0.25) is 0 Å². The summed E-state index contributed by atoms with van der Waals surface area (Å²) in [4.78, 5) is 12.4. The van der Waals surface area contributed by atoms with Crippen molar-refractivity contribution in [3.05, 3.63) is 36.5 Å². The van der Waals surface area contributed by atoms with E-state index in [0.29, 0.717) is 6.42 Å². The van der Waals surface area contributed by atoms with Crippen LogP contribution in [0.1, 0.15) is 277 Å². The topological polar surface area (TPSA) is 69.6 Å². The van der Waals surface area contributed by atoms with Gasteiger partial charge < -0.3 is 15.5 Å². The van der Waals surface area contributed by atoms with Gasteiger partial charge in [0.05, 0.1) is 18.8 Å². The van der Waals surface area contributed by atoms with Crippen LogP contribution in [0.4, 0.5) is 0 Å². The largest absolute Gasteiger partial charge is 0.394 e. The third-order valence-electron chi connectivity index (χ3n) is 11.9. The van der Waals surface area contributed by atoms with Crippen LogP contribution in [0.25, 0.3) is 0 Å². The van der Waals surface area contributed by atoms with Crippen molar-refractivity contribution in [1.29, 1.82) is 0 Å². The highest BCUT2D eigenvalue weighted by molar-refractivity contribution is 5.76. The Hall–Kier alpha value is -1.39. The van der Waals surface area contributed by atoms with E-state index in [4.69, 9.17) is 0 Å². The minimum atomic E-state index is -0.843. The molecule has 0 saturated carbocycles.